The van der Waals surface area contributed by atoms with Gasteiger partial charge in [0.1, 0.15) is 5.75 Å². The molecule has 0 bridgehead atoms. The van der Waals surface area contributed by atoms with E-state index in [1.54, 1.807) is 13.0 Å². The zero-order valence-corrected chi connectivity index (χ0v) is 11.5. The molecular formula is C12H13BrO4. The number of esters is 1. The average Bonchev–Trinajstić information content (AvgIpc) is 2.29. The van der Waals surface area contributed by atoms with Crippen LogP contribution in [0.15, 0.2) is 16.6 Å². The molecule has 0 aliphatic carbocycles. The first-order valence-corrected chi connectivity index (χ1v) is 5.86. The third-order valence-electron chi connectivity index (χ3n) is 2.19. The van der Waals surface area contributed by atoms with Gasteiger partial charge >= 0.3 is 5.97 Å². The van der Waals surface area contributed by atoms with Crippen LogP contribution in [0.4, 0.5) is 0 Å². The molecule has 0 saturated carbocycles. The monoisotopic (exact) mass is 300 g/mol. The van der Waals surface area contributed by atoms with Crippen molar-refractivity contribution in [2.75, 3.05) is 13.7 Å². The lowest BCUT2D eigenvalue weighted by Crippen LogP contribution is -2.18. The maximum absolute atomic E-state index is 11.8. The Balaban J connectivity index is 3.13. The van der Waals surface area contributed by atoms with Gasteiger partial charge in [-0.2, -0.15) is 0 Å². The maximum atomic E-state index is 11.8. The lowest BCUT2D eigenvalue weighted by atomic mass is 10.1. The van der Waals surface area contributed by atoms with Crippen molar-refractivity contribution in [3.8, 4) is 5.75 Å². The fraction of sp³-hybridized carbons (Fsp3) is 0.333. The molecule has 92 valence electrons. The molecule has 0 aliphatic heterocycles. The van der Waals surface area contributed by atoms with E-state index in [1.165, 1.54) is 13.2 Å². The number of ketones is 1. The Kier molecular flexibility index (Phi) is 4.69. The number of rotatable bonds is 4. The molecule has 0 radical (unpaired) electrons. The number of benzene rings is 1. The van der Waals surface area contributed by atoms with Crippen LogP contribution < -0.4 is 4.74 Å². The number of aryl methyl sites for hydroxylation is 1. The normalized spacial score (nSPS) is 9.88. The molecule has 0 aromatic heterocycles. The highest BCUT2D eigenvalue weighted by atomic mass is 79.9. The van der Waals surface area contributed by atoms with Gasteiger partial charge in [-0.25, -0.2) is 4.79 Å². The molecule has 0 unspecified atom stereocenters. The van der Waals surface area contributed by atoms with Crippen LogP contribution in [0.3, 0.4) is 0 Å². The summed E-state index contributed by atoms with van der Waals surface area (Å²) in [6, 6.07) is 3.25. The predicted octanol–water partition coefficient (Wildman–Crippen LogP) is 2.51. The summed E-state index contributed by atoms with van der Waals surface area (Å²) in [6.07, 6.45) is 0. The average molecular weight is 301 g/mol. The largest absolute Gasteiger partial charge is 0.496 e. The molecule has 5 heteroatoms. The van der Waals surface area contributed by atoms with Gasteiger partial charge in [-0.05, 0) is 31.5 Å². The van der Waals surface area contributed by atoms with Crippen molar-refractivity contribution in [3.05, 3.63) is 27.7 Å². The number of Topliss-reactive ketones (excluding diaryl/α,β-unsaturated/α-hetero) is 1. The quantitative estimate of drug-likeness (QED) is 0.487. The number of carbonyl (C=O) groups is 2. The number of hydrogen-bond donors (Lipinski definition) is 0. The van der Waals surface area contributed by atoms with Gasteiger partial charge in [0.2, 0.25) is 0 Å². The fourth-order valence-corrected chi connectivity index (χ4v) is 1.99. The third kappa shape index (κ3) is 3.06. The summed E-state index contributed by atoms with van der Waals surface area (Å²) in [5.41, 5.74) is 1.12. The highest BCUT2D eigenvalue weighted by Crippen LogP contribution is 2.27. The Morgan fingerprint density at radius 3 is 2.53 bits per heavy atom. The molecule has 1 aromatic rings. The summed E-state index contributed by atoms with van der Waals surface area (Å²) in [7, 11) is 1.51. The fourth-order valence-electron chi connectivity index (χ4n) is 1.35. The third-order valence-corrected chi connectivity index (χ3v) is 2.85. The molecule has 0 fully saturated rings. The first-order valence-electron chi connectivity index (χ1n) is 5.06. The Morgan fingerprint density at radius 1 is 1.35 bits per heavy atom. The number of carbonyl (C=O) groups excluding carboxylic acids is 2. The second-order valence-corrected chi connectivity index (χ2v) is 4.21. The van der Waals surface area contributed by atoms with Crippen molar-refractivity contribution in [3.63, 3.8) is 0 Å². The number of hydrogen-bond acceptors (Lipinski definition) is 4. The molecule has 0 saturated heterocycles. The van der Waals surface area contributed by atoms with Crippen molar-refractivity contribution in [1.29, 1.82) is 0 Å². The van der Waals surface area contributed by atoms with Crippen LogP contribution in [-0.2, 0) is 9.53 Å². The summed E-state index contributed by atoms with van der Waals surface area (Å²) in [5.74, 6) is -0.989. The Bertz CT molecular complexity index is 454. The van der Waals surface area contributed by atoms with E-state index in [0.29, 0.717) is 10.2 Å². The number of methoxy groups -OCH3 is 1. The van der Waals surface area contributed by atoms with Gasteiger partial charge in [-0.3, -0.25) is 4.79 Å². The van der Waals surface area contributed by atoms with Gasteiger partial charge in [0, 0.05) is 10.0 Å². The first kappa shape index (κ1) is 13.7. The Labute approximate surface area is 108 Å². The molecule has 0 aliphatic rings. The zero-order chi connectivity index (χ0) is 13.0. The van der Waals surface area contributed by atoms with E-state index in [2.05, 4.69) is 20.7 Å². The van der Waals surface area contributed by atoms with E-state index in [4.69, 9.17) is 4.74 Å². The molecule has 0 amide bonds. The summed E-state index contributed by atoms with van der Waals surface area (Å²) in [5, 5.41) is 0. The molecule has 0 heterocycles. The van der Waals surface area contributed by atoms with Crippen LogP contribution in [0, 0.1) is 6.92 Å². The minimum absolute atomic E-state index is 0.172. The topological polar surface area (TPSA) is 52.6 Å². The Hall–Kier alpha value is -1.36. The van der Waals surface area contributed by atoms with E-state index in [-0.39, 0.29) is 12.2 Å². The van der Waals surface area contributed by atoms with Crippen molar-refractivity contribution in [2.45, 2.75) is 13.8 Å². The molecule has 17 heavy (non-hydrogen) atoms. The molecular weight excluding hydrogens is 288 g/mol. The van der Waals surface area contributed by atoms with Gasteiger partial charge in [-0.15, -0.1) is 0 Å². The minimum atomic E-state index is -0.862. The lowest BCUT2D eigenvalue weighted by Gasteiger charge is -2.09. The molecule has 0 spiro atoms. The SMILES string of the molecule is CCOC(=O)C(=O)c1cc(OC)c(C)cc1Br. The van der Waals surface area contributed by atoms with Gasteiger partial charge in [0.05, 0.1) is 13.7 Å². The molecule has 1 rings (SSSR count). The number of ether oxygens (including phenoxy) is 2. The van der Waals surface area contributed by atoms with Crippen LogP contribution >= 0.6 is 15.9 Å². The van der Waals surface area contributed by atoms with Gasteiger partial charge in [-0.1, -0.05) is 15.9 Å². The van der Waals surface area contributed by atoms with Gasteiger partial charge in [0.15, 0.2) is 0 Å². The molecule has 4 nitrogen and oxygen atoms in total. The van der Waals surface area contributed by atoms with Gasteiger partial charge < -0.3 is 9.47 Å². The van der Waals surface area contributed by atoms with Crippen LogP contribution in [0.2, 0.25) is 0 Å². The summed E-state index contributed by atoms with van der Waals surface area (Å²) < 4.78 is 10.3. The van der Waals surface area contributed by atoms with Crippen molar-refractivity contribution >= 4 is 27.7 Å². The smallest absolute Gasteiger partial charge is 0.379 e. The summed E-state index contributed by atoms with van der Waals surface area (Å²) in [6.45, 7) is 3.67. The van der Waals surface area contributed by atoms with E-state index < -0.39 is 11.8 Å². The lowest BCUT2D eigenvalue weighted by molar-refractivity contribution is -0.137. The minimum Gasteiger partial charge on any atom is -0.496 e. The van der Waals surface area contributed by atoms with Gasteiger partial charge in [0.25, 0.3) is 5.78 Å². The maximum Gasteiger partial charge on any atom is 0.379 e. The highest BCUT2D eigenvalue weighted by Gasteiger charge is 2.21. The second kappa shape index (κ2) is 5.82. The summed E-state index contributed by atoms with van der Waals surface area (Å²) >= 11 is 3.25. The predicted molar refractivity (Wildman–Crippen MR) is 66.4 cm³/mol. The van der Waals surface area contributed by atoms with Crippen LogP contribution in [0.5, 0.6) is 5.75 Å². The number of halogens is 1. The van der Waals surface area contributed by atoms with Crippen molar-refractivity contribution < 1.29 is 19.1 Å². The second-order valence-electron chi connectivity index (χ2n) is 3.35. The van der Waals surface area contributed by atoms with E-state index in [1.807, 2.05) is 6.92 Å². The standard InChI is InChI=1S/C12H13BrO4/c1-4-17-12(15)11(14)8-6-10(16-3)7(2)5-9(8)13/h5-6H,4H2,1-3H3. The molecule has 0 atom stereocenters. The molecule has 1 aromatic carbocycles. The van der Waals surface area contributed by atoms with Crippen LogP contribution in [0.1, 0.15) is 22.8 Å². The van der Waals surface area contributed by atoms with Crippen molar-refractivity contribution in [1.82, 2.24) is 0 Å². The van der Waals surface area contributed by atoms with E-state index >= 15 is 0 Å². The van der Waals surface area contributed by atoms with Crippen molar-refractivity contribution in [2.24, 2.45) is 0 Å². The zero-order valence-electron chi connectivity index (χ0n) is 9.87. The van der Waals surface area contributed by atoms with Crippen LogP contribution in [-0.4, -0.2) is 25.5 Å². The summed E-state index contributed by atoms with van der Waals surface area (Å²) in [4.78, 5) is 23.1. The molecule has 0 N–H and O–H groups in total. The first-order chi connectivity index (χ1) is 8.01. The Morgan fingerprint density at radius 2 is 2.00 bits per heavy atom. The van der Waals surface area contributed by atoms with E-state index in [9.17, 15) is 9.59 Å². The van der Waals surface area contributed by atoms with E-state index in [0.717, 1.165) is 5.56 Å². The highest BCUT2D eigenvalue weighted by molar-refractivity contribution is 9.10. The van der Waals surface area contributed by atoms with Crippen LogP contribution in [0.25, 0.3) is 0 Å².